The Morgan fingerprint density at radius 2 is 1.88 bits per heavy atom. The number of hydrogen-bond donors (Lipinski definition) is 1. The fourth-order valence-electron chi connectivity index (χ4n) is 3.20. The summed E-state index contributed by atoms with van der Waals surface area (Å²) in [6, 6.07) is 12.6. The normalized spacial score (nSPS) is 21.6. The Morgan fingerprint density at radius 3 is 2.68 bits per heavy atom. The topological polar surface area (TPSA) is 67.9 Å². The van der Waals surface area contributed by atoms with Crippen molar-refractivity contribution in [1.29, 1.82) is 0 Å². The number of fused-ring (bicyclic) bond motifs is 1. The molecule has 2 aliphatic heterocycles. The zero-order valence-corrected chi connectivity index (χ0v) is 14.0. The lowest BCUT2D eigenvalue weighted by Crippen LogP contribution is -2.40. The van der Waals surface area contributed by atoms with Crippen LogP contribution in [-0.2, 0) is 16.9 Å². The van der Waals surface area contributed by atoms with Gasteiger partial charge in [0, 0.05) is 0 Å². The number of hydrogen-bond acceptors (Lipinski definition) is 4. The highest BCUT2D eigenvalue weighted by atomic mass is 16.7. The van der Waals surface area contributed by atoms with Crippen LogP contribution in [0.15, 0.2) is 42.5 Å². The number of rotatable bonds is 3. The lowest BCUT2D eigenvalue weighted by atomic mass is 9.91. The average Bonchev–Trinajstić information content (AvgIpc) is 3.15. The fraction of sp³-hybridized carbons (Fsp3) is 0.263. The smallest absolute Gasteiger partial charge is 0.325 e. The maximum atomic E-state index is 13.0. The van der Waals surface area contributed by atoms with Gasteiger partial charge in [0.15, 0.2) is 11.5 Å². The third-order valence-electron chi connectivity index (χ3n) is 4.81. The van der Waals surface area contributed by atoms with Crippen molar-refractivity contribution in [1.82, 2.24) is 10.2 Å². The first-order valence-electron chi connectivity index (χ1n) is 8.08. The van der Waals surface area contributed by atoms with E-state index in [2.05, 4.69) is 5.32 Å². The van der Waals surface area contributed by atoms with Gasteiger partial charge in [-0.15, -0.1) is 0 Å². The minimum absolute atomic E-state index is 0.162. The Bertz CT molecular complexity index is 879. The van der Waals surface area contributed by atoms with Crippen molar-refractivity contribution in [3.05, 3.63) is 59.2 Å². The fourth-order valence-corrected chi connectivity index (χ4v) is 3.20. The van der Waals surface area contributed by atoms with Crippen LogP contribution in [0.25, 0.3) is 0 Å². The van der Waals surface area contributed by atoms with Gasteiger partial charge in [-0.3, -0.25) is 9.69 Å². The van der Waals surface area contributed by atoms with E-state index in [9.17, 15) is 9.59 Å². The van der Waals surface area contributed by atoms with E-state index in [1.54, 1.807) is 25.1 Å². The molecule has 0 aliphatic carbocycles. The van der Waals surface area contributed by atoms with Crippen molar-refractivity contribution in [3.8, 4) is 11.5 Å². The van der Waals surface area contributed by atoms with Crippen molar-refractivity contribution in [3.63, 3.8) is 0 Å². The number of ether oxygens (including phenoxy) is 2. The van der Waals surface area contributed by atoms with E-state index in [0.717, 1.165) is 11.1 Å². The summed E-state index contributed by atoms with van der Waals surface area (Å²) in [4.78, 5) is 26.7. The molecule has 0 unspecified atom stereocenters. The van der Waals surface area contributed by atoms with Crippen LogP contribution in [0.2, 0.25) is 0 Å². The molecule has 25 heavy (non-hydrogen) atoms. The zero-order valence-electron chi connectivity index (χ0n) is 14.0. The second-order valence-corrected chi connectivity index (χ2v) is 6.44. The van der Waals surface area contributed by atoms with Gasteiger partial charge in [0.25, 0.3) is 5.91 Å². The quantitative estimate of drug-likeness (QED) is 0.874. The first kappa shape index (κ1) is 15.5. The molecule has 1 atom stereocenters. The number of carbonyl (C=O) groups is 2. The van der Waals surface area contributed by atoms with E-state index in [1.165, 1.54) is 4.90 Å². The van der Waals surface area contributed by atoms with E-state index in [-0.39, 0.29) is 19.2 Å². The summed E-state index contributed by atoms with van der Waals surface area (Å²) in [5.41, 5.74) is 1.53. The predicted octanol–water partition coefficient (Wildman–Crippen LogP) is 2.69. The third-order valence-corrected chi connectivity index (χ3v) is 4.81. The minimum Gasteiger partial charge on any atom is -0.454 e. The van der Waals surface area contributed by atoms with Gasteiger partial charge >= 0.3 is 6.03 Å². The SMILES string of the molecule is Cc1ccccc1CN1C(=O)N[C@](C)(c2ccc3c(c2)OCO3)C1=O. The van der Waals surface area contributed by atoms with Crippen LogP contribution in [-0.4, -0.2) is 23.6 Å². The molecule has 1 N–H and O–H groups in total. The van der Waals surface area contributed by atoms with Crippen molar-refractivity contribution in [2.75, 3.05) is 6.79 Å². The molecule has 6 heteroatoms. The Kier molecular flexibility index (Phi) is 3.42. The molecule has 0 spiro atoms. The van der Waals surface area contributed by atoms with Crippen LogP contribution in [0.3, 0.4) is 0 Å². The molecule has 128 valence electrons. The number of carbonyl (C=O) groups excluding carboxylic acids is 2. The number of urea groups is 1. The van der Waals surface area contributed by atoms with Gasteiger partial charge in [-0.2, -0.15) is 0 Å². The summed E-state index contributed by atoms with van der Waals surface area (Å²) in [7, 11) is 0. The molecule has 1 fully saturated rings. The largest absolute Gasteiger partial charge is 0.454 e. The molecular formula is C19H18N2O4. The van der Waals surface area contributed by atoms with E-state index in [1.807, 2.05) is 31.2 Å². The monoisotopic (exact) mass is 338 g/mol. The molecule has 4 rings (SSSR count). The van der Waals surface area contributed by atoms with E-state index in [4.69, 9.17) is 9.47 Å². The molecular weight excluding hydrogens is 320 g/mol. The first-order valence-corrected chi connectivity index (χ1v) is 8.08. The summed E-state index contributed by atoms with van der Waals surface area (Å²) in [5, 5.41) is 2.82. The van der Waals surface area contributed by atoms with Gasteiger partial charge in [-0.25, -0.2) is 4.79 Å². The Balaban J connectivity index is 1.65. The number of nitrogens with one attached hydrogen (secondary N) is 1. The number of imide groups is 1. The lowest BCUT2D eigenvalue weighted by Gasteiger charge is -2.22. The maximum Gasteiger partial charge on any atom is 0.325 e. The molecule has 2 aliphatic rings. The summed E-state index contributed by atoms with van der Waals surface area (Å²) in [6.07, 6.45) is 0. The number of nitrogens with zero attached hydrogens (tertiary/aromatic N) is 1. The molecule has 2 aromatic carbocycles. The molecule has 1 saturated heterocycles. The Morgan fingerprint density at radius 1 is 1.12 bits per heavy atom. The molecule has 3 amide bonds. The standard InChI is InChI=1S/C19H18N2O4/c1-12-5-3-4-6-13(12)10-21-17(22)19(2,20-18(21)23)14-7-8-15-16(9-14)25-11-24-15/h3-9H,10-11H2,1-2H3,(H,20,23)/t19-/m1/s1. The van der Waals surface area contributed by atoms with Gasteiger partial charge in [0.2, 0.25) is 6.79 Å². The van der Waals surface area contributed by atoms with Crippen LogP contribution in [0, 0.1) is 6.92 Å². The van der Waals surface area contributed by atoms with Gasteiger partial charge in [0.05, 0.1) is 6.54 Å². The van der Waals surface area contributed by atoms with Crippen molar-refractivity contribution in [2.24, 2.45) is 0 Å². The van der Waals surface area contributed by atoms with Crippen LogP contribution in [0.4, 0.5) is 4.79 Å². The summed E-state index contributed by atoms with van der Waals surface area (Å²) < 4.78 is 10.7. The highest BCUT2D eigenvalue weighted by Crippen LogP contribution is 2.38. The second-order valence-electron chi connectivity index (χ2n) is 6.44. The molecule has 0 radical (unpaired) electrons. The average molecular weight is 338 g/mol. The number of aryl methyl sites for hydroxylation is 1. The molecule has 2 heterocycles. The highest BCUT2D eigenvalue weighted by Gasteiger charge is 2.49. The predicted molar refractivity (Wildman–Crippen MR) is 90.2 cm³/mol. The van der Waals surface area contributed by atoms with Crippen molar-refractivity contribution in [2.45, 2.75) is 25.9 Å². The number of amides is 3. The summed E-state index contributed by atoms with van der Waals surface area (Å²) in [6.45, 7) is 4.08. The summed E-state index contributed by atoms with van der Waals surface area (Å²) in [5.74, 6) is 0.943. The first-order chi connectivity index (χ1) is 12.0. The highest BCUT2D eigenvalue weighted by molar-refractivity contribution is 6.07. The van der Waals surface area contributed by atoms with Crippen molar-refractivity contribution >= 4 is 11.9 Å². The van der Waals surface area contributed by atoms with Crippen LogP contribution >= 0.6 is 0 Å². The molecule has 0 saturated carbocycles. The van der Waals surface area contributed by atoms with E-state index in [0.29, 0.717) is 17.1 Å². The van der Waals surface area contributed by atoms with Gasteiger partial charge in [-0.1, -0.05) is 30.3 Å². The Hall–Kier alpha value is -3.02. The van der Waals surface area contributed by atoms with Gasteiger partial charge in [-0.05, 0) is 42.7 Å². The number of benzene rings is 2. The van der Waals surface area contributed by atoms with E-state index >= 15 is 0 Å². The maximum absolute atomic E-state index is 13.0. The molecule has 0 bridgehead atoms. The van der Waals surface area contributed by atoms with Gasteiger partial charge < -0.3 is 14.8 Å². The zero-order chi connectivity index (χ0) is 17.6. The van der Waals surface area contributed by atoms with E-state index < -0.39 is 11.6 Å². The van der Waals surface area contributed by atoms with Crippen LogP contribution in [0.5, 0.6) is 11.5 Å². The van der Waals surface area contributed by atoms with Crippen LogP contribution < -0.4 is 14.8 Å². The molecule has 6 nitrogen and oxygen atoms in total. The van der Waals surface area contributed by atoms with Crippen LogP contribution in [0.1, 0.15) is 23.6 Å². The molecule has 2 aromatic rings. The molecule has 0 aromatic heterocycles. The lowest BCUT2D eigenvalue weighted by molar-refractivity contribution is -0.131. The third kappa shape index (κ3) is 2.41. The summed E-state index contributed by atoms with van der Waals surface area (Å²) >= 11 is 0. The Labute approximate surface area is 145 Å². The second kappa shape index (κ2) is 5.51. The minimum atomic E-state index is -1.12. The van der Waals surface area contributed by atoms with Crippen molar-refractivity contribution < 1.29 is 19.1 Å². The van der Waals surface area contributed by atoms with Gasteiger partial charge in [0.1, 0.15) is 5.54 Å².